The van der Waals surface area contributed by atoms with Crippen molar-refractivity contribution in [2.45, 2.75) is 19.8 Å². The van der Waals surface area contributed by atoms with Crippen LogP contribution in [0.4, 0.5) is 0 Å². The van der Waals surface area contributed by atoms with Gasteiger partial charge in [-0.3, -0.25) is 9.59 Å². The topological polar surface area (TPSA) is 83.6 Å². The largest absolute Gasteiger partial charge is 0.480 e. The van der Waals surface area contributed by atoms with Gasteiger partial charge in [0.1, 0.15) is 6.54 Å². The van der Waals surface area contributed by atoms with E-state index in [0.717, 1.165) is 11.3 Å². The minimum atomic E-state index is -1.07. The van der Waals surface area contributed by atoms with Crippen LogP contribution in [0, 0.1) is 18.3 Å². The summed E-state index contributed by atoms with van der Waals surface area (Å²) in [5.74, 6) is 0.594. The zero-order valence-corrected chi connectivity index (χ0v) is 9.48. The SMILES string of the molecule is C#CCN(CC(=O)O)C(=O)C(CN)CCC. The molecule has 0 heterocycles. The lowest BCUT2D eigenvalue weighted by Crippen LogP contribution is -2.42. The Kier molecular flexibility index (Phi) is 6.97. The molecule has 0 aliphatic rings. The molecule has 1 atom stereocenters. The molecular formula is C11H18N2O3. The lowest BCUT2D eigenvalue weighted by molar-refractivity contribution is -0.145. The fourth-order valence-corrected chi connectivity index (χ4v) is 1.43. The number of nitrogens with two attached hydrogens (primary N) is 1. The number of nitrogens with zero attached hydrogens (tertiary/aromatic N) is 1. The predicted molar refractivity (Wildman–Crippen MR) is 60.5 cm³/mol. The van der Waals surface area contributed by atoms with Gasteiger partial charge in [-0.25, -0.2) is 0 Å². The Morgan fingerprint density at radius 3 is 2.56 bits per heavy atom. The van der Waals surface area contributed by atoms with Crippen molar-refractivity contribution in [1.29, 1.82) is 0 Å². The number of carbonyl (C=O) groups is 2. The molecule has 5 nitrogen and oxygen atoms in total. The summed E-state index contributed by atoms with van der Waals surface area (Å²) in [5.41, 5.74) is 5.48. The molecular weight excluding hydrogens is 208 g/mol. The summed E-state index contributed by atoms with van der Waals surface area (Å²) < 4.78 is 0. The van der Waals surface area contributed by atoms with Gasteiger partial charge in [0.15, 0.2) is 0 Å². The minimum absolute atomic E-state index is 0.00531. The van der Waals surface area contributed by atoms with E-state index in [2.05, 4.69) is 5.92 Å². The fourth-order valence-electron chi connectivity index (χ4n) is 1.43. The van der Waals surface area contributed by atoms with Crippen LogP contribution >= 0.6 is 0 Å². The van der Waals surface area contributed by atoms with Gasteiger partial charge in [-0.2, -0.15) is 0 Å². The van der Waals surface area contributed by atoms with E-state index in [-0.39, 0.29) is 31.5 Å². The molecule has 5 heteroatoms. The Bertz CT molecular complexity index is 283. The first-order chi connectivity index (χ1) is 7.56. The lowest BCUT2D eigenvalue weighted by atomic mass is 10.0. The second-order valence-electron chi connectivity index (χ2n) is 3.51. The van der Waals surface area contributed by atoms with E-state index < -0.39 is 5.97 Å². The van der Waals surface area contributed by atoms with Crippen LogP contribution < -0.4 is 5.73 Å². The zero-order valence-electron chi connectivity index (χ0n) is 9.48. The number of aliphatic carboxylic acids is 1. The molecule has 1 amide bonds. The van der Waals surface area contributed by atoms with E-state index in [4.69, 9.17) is 17.3 Å². The van der Waals surface area contributed by atoms with Gasteiger partial charge in [-0.05, 0) is 6.42 Å². The maximum absolute atomic E-state index is 11.9. The second kappa shape index (κ2) is 7.71. The van der Waals surface area contributed by atoms with Crippen LogP contribution in [-0.2, 0) is 9.59 Å². The van der Waals surface area contributed by atoms with E-state index in [1.165, 1.54) is 0 Å². The van der Waals surface area contributed by atoms with Crippen molar-refractivity contribution in [3.8, 4) is 12.3 Å². The van der Waals surface area contributed by atoms with E-state index in [9.17, 15) is 9.59 Å². The van der Waals surface area contributed by atoms with Gasteiger partial charge >= 0.3 is 5.97 Å². The number of hydrogen-bond donors (Lipinski definition) is 2. The highest BCUT2D eigenvalue weighted by molar-refractivity contribution is 5.83. The highest BCUT2D eigenvalue weighted by atomic mass is 16.4. The van der Waals surface area contributed by atoms with Gasteiger partial charge in [0, 0.05) is 6.54 Å². The van der Waals surface area contributed by atoms with E-state index in [0.29, 0.717) is 6.42 Å². The summed E-state index contributed by atoms with van der Waals surface area (Å²) >= 11 is 0. The Hall–Kier alpha value is -1.54. The summed E-state index contributed by atoms with van der Waals surface area (Å²) in [6.07, 6.45) is 6.56. The van der Waals surface area contributed by atoms with Crippen LogP contribution in [0.25, 0.3) is 0 Å². The summed E-state index contributed by atoms with van der Waals surface area (Å²) in [4.78, 5) is 23.6. The van der Waals surface area contributed by atoms with Crippen LogP contribution in [0.3, 0.4) is 0 Å². The van der Waals surface area contributed by atoms with Crippen LogP contribution in [0.15, 0.2) is 0 Å². The second-order valence-corrected chi connectivity index (χ2v) is 3.51. The zero-order chi connectivity index (χ0) is 12.6. The highest BCUT2D eigenvalue weighted by Gasteiger charge is 2.23. The van der Waals surface area contributed by atoms with Crippen molar-refractivity contribution in [2.75, 3.05) is 19.6 Å². The highest BCUT2D eigenvalue weighted by Crippen LogP contribution is 2.09. The molecule has 0 fully saturated rings. The Labute approximate surface area is 95.6 Å². The van der Waals surface area contributed by atoms with Crippen molar-refractivity contribution in [1.82, 2.24) is 4.90 Å². The minimum Gasteiger partial charge on any atom is -0.480 e. The smallest absolute Gasteiger partial charge is 0.323 e. The summed E-state index contributed by atoms with van der Waals surface area (Å²) in [6.45, 7) is 1.79. The van der Waals surface area contributed by atoms with Crippen molar-refractivity contribution >= 4 is 11.9 Å². The molecule has 0 aromatic rings. The van der Waals surface area contributed by atoms with Crippen LogP contribution in [0.2, 0.25) is 0 Å². The molecule has 0 aromatic heterocycles. The molecule has 0 aromatic carbocycles. The molecule has 0 radical (unpaired) electrons. The number of carbonyl (C=O) groups excluding carboxylic acids is 1. The van der Waals surface area contributed by atoms with Gasteiger partial charge in [0.2, 0.25) is 5.91 Å². The molecule has 3 N–H and O–H groups in total. The first-order valence-electron chi connectivity index (χ1n) is 5.20. The molecule has 0 spiro atoms. The average molecular weight is 226 g/mol. The number of amides is 1. The number of carboxylic acid groups (broad SMARTS) is 1. The van der Waals surface area contributed by atoms with Gasteiger partial charge in [-0.15, -0.1) is 6.42 Å². The molecule has 90 valence electrons. The van der Waals surface area contributed by atoms with Crippen molar-refractivity contribution in [3.05, 3.63) is 0 Å². The first-order valence-corrected chi connectivity index (χ1v) is 5.20. The number of carboxylic acids is 1. The maximum atomic E-state index is 11.9. The number of rotatable bonds is 7. The van der Waals surface area contributed by atoms with Crippen LogP contribution in [0.5, 0.6) is 0 Å². The maximum Gasteiger partial charge on any atom is 0.323 e. The third kappa shape index (κ3) is 4.80. The monoisotopic (exact) mass is 226 g/mol. The normalized spacial score (nSPS) is 11.6. The number of hydrogen-bond acceptors (Lipinski definition) is 3. The molecule has 0 saturated carbocycles. The third-order valence-corrected chi connectivity index (χ3v) is 2.19. The Morgan fingerprint density at radius 2 is 2.19 bits per heavy atom. The van der Waals surface area contributed by atoms with Gasteiger partial charge in [0.25, 0.3) is 0 Å². The van der Waals surface area contributed by atoms with Crippen LogP contribution in [-0.4, -0.2) is 41.5 Å². The summed E-state index contributed by atoms with van der Waals surface area (Å²) in [6, 6.07) is 0. The number of terminal acetylenes is 1. The van der Waals surface area contributed by atoms with Gasteiger partial charge < -0.3 is 15.7 Å². The molecule has 16 heavy (non-hydrogen) atoms. The Morgan fingerprint density at radius 1 is 1.56 bits per heavy atom. The molecule has 0 aliphatic heterocycles. The van der Waals surface area contributed by atoms with Crippen molar-refractivity contribution in [2.24, 2.45) is 11.7 Å². The fraction of sp³-hybridized carbons (Fsp3) is 0.636. The summed E-state index contributed by atoms with van der Waals surface area (Å²) in [7, 11) is 0. The lowest BCUT2D eigenvalue weighted by Gasteiger charge is -2.23. The molecule has 0 bridgehead atoms. The quantitative estimate of drug-likeness (QED) is 0.594. The first kappa shape index (κ1) is 14.5. The van der Waals surface area contributed by atoms with Crippen molar-refractivity contribution < 1.29 is 14.7 Å². The standard InChI is InChI=1S/C11H18N2O3/c1-3-5-9(7-12)11(16)13(6-4-2)8-10(14)15/h2,9H,3,5-8,12H2,1H3,(H,14,15). The van der Waals surface area contributed by atoms with E-state index in [1.807, 2.05) is 6.92 Å². The van der Waals surface area contributed by atoms with E-state index >= 15 is 0 Å². The molecule has 0 saturated heterocycles. The third-order valence-electron chi connectivity index (χ3n) is 2.19. The molecule has 0 aliphatic carbocycles. The van der Waals surface area contributed by atoms with E-state index in [1.54, 1.807) is 0 Å². The van der Waals surface area contributed by atoms with Crippen molar-refractivity contribution in [3.63, 3.8) is 0 Å². The predicted octanol–water partition coefficient (Wildman–Crippen LogP) is -0.0922. The van der Waals surface area contributed by atoms with Crippen LogP contribution in [0.1, 0.15) is 19.8 Å². The molecule has 0 rings (SSSR count). The molecule has 1 unspecified atom stereocenters. The van der Waals surface area contributed by atoms with Gasteiger partial charge in [0.05, 0.1) is 12.5 Å². The van der Waals surface area contributed by atoms with Gasteiger partial charge in [-0.1, -0.05) is 19.3 Å². The average Bonchev–Trinajstić information content (AvgIpc) is 2.23. The summed E-state index contributed by atoms with van der Waals surface area (Å²) in [5, 5.41) is 8.65. The Balaban J connectivity index is 4.57.